The Bertz CT molecular complexity index is 566. The van der Waals surface area contributed by atoms with E-state index in [1.54, 1.807) is 12.1 Å². The summed E-state index contributed by atoms with van der Waals surface area (Å²) < 4.78 is 5.67. The van der Waals surface area contributed by atoms with Gasteiger partial charge in [0, 0.05) is 31.9 Å². The standard InChI is InChI=1S/C18H28N4O3/c1-3-19-18(22-11-9-16(10-12-22)25-4-2)20-13-17(24)21-14-5-7-15(23)8-6-14/h5-8,16,23H,3-4,9-13H2,1-2H3,(H,19,20)(H,21,24). The maximum atomic E-state index is 12.1. The van der Waals surface area contributed by atoms with Crippen LogP contribution in [-0.2, 0) is 9.53 Å². The Balaban J connectivity index is 1.88. The van der Waals surface area contributed by atoms with Gasteiger partial charge in [-0.15, -0.1) is 0 Å². The molecule has 1 aliphatic rings. The first-order valence-electron chi connectivity index (χ1n) is 8.86. The molecule has 1 heterocycles. The predicted octanol–water partition coefficient (Wildman–Crippen LogP) is 1.80. The van der Waals surface area contributed by atoms with Gasteiger partial charge in [0.15, 0.2) is 5.96 Å². The number of piperidine rings is 1. The van der Waals surface area contributed by atoms with E-state index >= 15 is 0 Å². The summed E-state index contributed by atoms with van der Waals surface area (Å²) in [7, 11) is 0. The SMILES string of the molecule is CCNC(=NCC(=O)Nc1ccc(O)cc1)N1CCC(OCC)CC1. The smallest absolute Gasteiger partial charge is 0.246 e. The van der Waals surface area contributed by atoms with Crippen LogP contribution in [0.5, 0.6) is 5.75 Å². The third kappa shape index (κ3) is 6.26. The summed E-state index contributed by atoms with van der Waals surface area (Å²) in [6, 6.07) is 6.37. The van der Waals surface area contributed by atoms with Crippen molar-refractivity contribution in [3.63, 3.8) is 0 Å². The highest BCUT2D eigenvalue weighted by Gasteiger charge is 2.21. The summed E-state index contributed by atoms with van der Waals surface area (Å²) in [5, 5.41) is 15.3. The largest absolute Gasteiger partial charge is 0.508 e. The molecule has 2 rings (SSSR count). The molecule has 0 radical (unpaired) electrons. The summed E-state index contributed by atoms with van der Waals surface area (Å²) in [5.74, 6) is 0.740. The van der Waals surface area contributed by atoms with E-state index in [4.69, 9.17) is 4.74 Å². The number of hydrogen-bond acceptors (Lipinski definition) is 4. The number of benzene rings is 1. The van der Waals surface area contributed by atoms with Gasteiger partial charge in [-0.2, -0.15) is 0 Å². The summed E-state index contributed by atoms with van der Waals surface area (Å²) in [4.78, 5) is 18.7. The van der Waals surface area contributed by atoms with Gasteiger partial charge in [-0.05, 0) is 51.0 Å². The second-order valence-electron chi connectivity index (χ2n) is 5.91. The Labute approximate surface area is 149 Å². The Morgan fingerprint density at radius 2 is 1.96 bits per heavy atom. The fourth-order valence-electron chi connectivity index (χ4n) is 2.79. The summed E-state index contributed by atoms with van der Waals surface area (Å²) in [6.45, 7) is 7.32. The zero-order valence-electron chi connectivity index (χ0n) is 15.0. The van der Waals surface area contributed by atoms with Crippen LogP contribution in [0.3, 0.4) is 0 Å². The highest BCUT2D eigenvalue weighted by atomic mass is 16.5. The van der Waals surface area contributed by atoms with E-state index in [0.717, 1.165) is 45.0 Å². The second-order valence-corrected chi connectivity index (χ2v) is 5.91. The first kappa shape index (κ1) is 19.1. The highest BCUT2D eigenvalue weighted by Crippen LogP contribution is 2.15. The van der Waals surface area contributed by atoms with Crippen LogP contribution >= 0.6 is 0 Å². The molecule has 25 heavy (non-hydrogen) atoms. The molecule has 1 amide bonds. The lowest BCUT2D eigenvalue weighted by atomic mass is 10.1. The number of phenolic OH excluding ortho intramolecular Hbond substituents is 1. The molecule has 138 valence electrons. The highest BCUT2D eigenvalue weighted by molar-refractivity contribution is 5.94. The van der Waals surface area contributed by atoms with Gasteiger partial charge < -0.3 is 25.4 Å². The van der Waals surface area contributed by atoms with Gasteiger partial charge in [-0.3, -0.25) is 4.79 Å². The quantitative estimate of drug-likeness (QED) is 0.415. The van der Waals surface area contributed by atoms with Gasteiger partial charge >= 0.3 is 0 Å². The van der Waals surface area contributed by atoms with Crippen molar-refractivity contribution in [2.24, 2.45) is 4.99 Å². The van der Waals surface area contributed by atoms with Crippen molar-refractivity contribution < 1.29 is 14.6 Å². The number of amides is 1. The number of likely N-dealkylation sites (tertiary alicyclic amines) is 1. The molecule has 7 heteroatoms. The van der Waals surface area contributed by atoms with Crippen molar-refractivity contribution in [3.05, 3.63) is 24.3 Å². The molecule has 1 aromatic carbocycles. The monoisotopic (exact) mass is 348 g/mol. The number of carbonyl (C=O) groups excluding carboxylic acids is 1. The average Bonchev–Trinajstić information content (AvgIpc) is 2.62. The van der Waals surface area contributed by atoms with Crippen LogP contribution < -0.4 is 10.6 Å². The minimum atomic E-state index is -0.190. The van der Waals surface area contributed by atoms with E-state index in [0.29, 0.717) is 11.8 Å². The van der Waals surface area contributed by atoms with Crippen molar-refractivity contribution >= 4 is 17.6 Å². The molecule has 0 bridgehead atoms. The van der Waals surface area contributed by atoms with Crippen LogP contribution in [-0.4, -0.2) is 60.8 Å². The van der Waals surface area contributed by atoms with Gasteiger partial charge in [-0.1, -0.05) is 0 Å². The number of aromatic hydroxyl groups is 1. The number of nitrogens with zero attached hydrogens (tertiary/aromatic N) is 2. The van der Waals surface area contributed by atoms with E-state index in [9.17, 15) is 9.90 Å². The molecule has 7 nitrogen and oxygen atoms in total. The molecule has 0 aromatic heterocycles. The van der Waals surface area contributed by atoms with Crippen LogP contribution in [0.15, 0.2) is 29.3 Å². The summed E-state index contributed by atoms with van der Waals surface area (Å²) in [6.07, 6.45) is 2.26. The van der Waals surface area contributed by atoms with E-state index in [1.807, 2.05) is 13.8 Å². The van der Waals surface area contributed by atoms with Crippen LogP contribution in [0.25, 0.3) is 0 Å². The van der Waals surface area contributed by atoms with Gasteiger partial charge in [0.1, 0.15) is 12.3 Å². The third-order valence-electron chi connectivity index (χ3n) is 4.00. The third-order valence-corrected chi connectivity index (χ3v) is 4.00. The normalized spacial score (nSPS) is 15.9. The molecule has 1 saturated heterocycles. The number of hydrogen-bond donors (Lipinski definition) is 3. The Morgan fingerprint density at radius 3 is 2.56 bits per heavy atom. The van der Waals surface area contributed by atoms with Crippen molar-refractivity contribution in [3.8, 4) is 5.75 Å². The van der Waals surface area contributed by atoms with E-state index in [2.05, 4.69) is 20.5 Å². The minimum absolute atomic E-state index is 0.0502. The van der Waals surface area contributed by atoms with Gasteiger partial charge in [0.05, 0.1) is 6.10 Å². The van der Waals surface area contributed by atoms with E-state index in [-0.39, 0.29) is 18.2 Å². The molecule has 3 N–H and O–H groups in total. The maximum Gasteiger partial charge on any atom is 0.246 e. The van der Waals surface area contributed by atoms with Crippen molar-refractivity contribution in [2.75, 3.05) is 38.1 Å². The predicted molar refractivity (Wildman–Crippen MR) is 98.9 cm³/mol. The molecule has 1 fully saturated rings. The molecule has 0 aliphatic carbocycles. The number of nitrogens with one attached hydrogen (secondary N) is 2. The number of anilines is 1. The molecule has 1 aliphatic heterocycles. The topological polar surface area (TPSA) is 86.2 Å². The first-order valence-corrected chi connectivity index (χ1v) is 8.86. The minimum Gasteiger partial charge on any atom is -0.508 e. The van der Waals surface area contributed by atoms with Crippen molar-refractivity contribution in [2.45, 2.75) is 32.8 Å². The number of guanidine groups is 1. The van der Waals surface area contributed by atoms with Crippen LogP contribution in [0.2, 0.25) is 0 Å². The molecule has 1 aromatic rings. The van der Waals surface area contributed by atoms with Gasteiger partial charge in [-0.25, -0.2) is 4.99 Å². The van der Waals surface area contributed by atoms with Crippen LogP contribution in [0.1, 0.15) is 26.7 Å². The zero-order valence-corrected chi connectivity index (χ0v) is 15.0. The van der Waals surface area contributed by atoms with E-state index in [1.165, 1.54) is 12.1 Å². The summed E-state index contributed by atoms with van der Waals surface area (Å²) >= 11 is 0. The van der Waals surface area contributed by atoms with Crippen molar-refractivity contribution in [1.29, 1.82) is 0 Å². The second kappa shape index (κ2) is 9.88. The molecule has 0 saturated carbocycles. The van der Waals surface area contributed by atoms with Gasteiger partial charge in [0.2, 0.25) is 5.91 Å². The Kier molecular flexibility index (Phi) is 7.53. The zero-order chi connectivity index (χ0) is 18.1. The summed E-state index contributed by atoms with van der Waals surface area (Å²) in [5.41, 5.74) is 0.639. The number of carbonyl (C=O) groups is 1. The van der Waals surface area contributed by atoms with Crippen LogP contribution in [0.4, 0.5) is 5.69 Å². The lowest BCUT2D eigenvalue weighted by molar-refractivity contribution is -0.114. The first-order chi connectivity index (χ1) is 12.1. The fourth-order valence-corrected chi connectivity index (χ4v) is 2.79. The average molecular weight is 348 g/mol. The lowest BCUT2D eigenvalue weighted by Gasteiger charge is -2.34. The number of aliphatic imine (C=N–C) groups is 1. The maximum absolute atomic E-state index is 12.1. The Morgan fingerprint density at radius 1 is 1.28 bits per heavy atom. The fraction of sp³-hybridized carbons (Fsp3) is 0.556. The molecule has 0 unspecified atom stereocenters. The molecular formula is C18H28N4O3. The number of ether oxygens (including phenoxy) is 1. The molecule has 0 spiro atoms. The molecule has 0 atom stereocenters. The number of phenols is 1. The lowest BCUT2D eigenvalue weighted by Crippen LogP contribution is -2.47. The van der Waals surface area contributed by atoms with Crippen LogP contribution in [0, 0.1) is 0 Å². The Hall–Kier alpha value is -2.28. The van der Waals surface area contributed by atoms with Crippen molar-refractivity contribution in [1.82, 2.24) is 10.2 Å². The van der Waals surface area contributed by atoms with Gasteiger partial charge in [0.25, 0.3) is 0 Å². The molecular weight excluding hydrogens is 320 g/mol. The van der Waals surface area contributed by atoms with E-state index < -0.39 is 0 Å². The number of rotatable bonds is 6.